The lowest BCUT2D eigenvalue weighted by molar-refractivity contribution is -0.146. The molecule has 0 aromatic heterocycles. The van der Waals surface area contributed by atoms with Crippen LogP contribution in [-0.4, -0.2) is 56.8 Å². The molecular formula is C14H20N2O3. The van der Waals surface area contributed by atoms with E-state index < -0.39 is 0 Å². The van der Waals surface area contributed by atoms with E-state index in [1.807, 2.05) is 30.3 Å². The molecule has 1 aliphatic rings. The average molecular weight is 264 g/mol. The molecule has 0 aliphatic carbocycles. The van der Waals surface area contributed by atoms with E-state index in [-0.39, 0.29) is 12.6 Å². The van der Waals surface area contributed by atoms with Gasteiger partial charge in [0, 0.05) is 32.7 Å². The molecule has 1 heterocycles. The molecule has 0 spiro atoms. The third-order valence-electron chi connectivity index (χ3n) is 2.98. The highest BCUT2D eigenvalue weighted by molar-refractivity contribution is 5.71. The van der Waals surface area contributed by atoms with E-state index >= 15 is 0 Å². The summed E-state index contributed by atoms with van der Waals surface area (Å²) in [6.07, 6.45) is 0. The number of nitrogens with zero attached hydrogens (tertiary/aromatic N) is 1. The van der Waals surface area contributed by atoms with Gasteiger partial charge in [0.25, 0.3) is 0 Å². The Morgan fingerprint density at radius 2 is 1.95 bits per heavy atom. The molecular weight excluding hydrogens is 244 g/mol. The summed E-state index contributed by atoms with van der Waals surface area (Å²) in [7, 11) is 0. The fourth-order valence-corrected chi connectivity index (χ4v) is 1.92. The van der Waals surface area contributed by atoms with Crippen molar-refractivity contribution in [2.75, 3.05) is 45.9 Å². The van der Waals surface area contributed by atoms with Crippen LogP contribution in [0.5, 0.6) is 5.75 Å². The SMILES string of the molecule is O=C(COc1ccccc1)OCCN1CCNCC1. The van der Waals surface area contributed by atoms with Crippen LogP contribution < -0.4 is 10.1 Å². The van der Waals surface area contributed by atoms with Gasteiger partial charge in [0.05, 0.1) is 0 Å². The maximum absolute atomic E-state index is 11.5. The highest BCUT2D eigenvalue weighted by Crippen LogP contribution is 2.07. The van der Waals surface area contributed by atoms with Crippen molar-refractivity contribution in [1.29, 1.82) is 0 Å². The number of carbonyl (C=O) groups excluding carboxylic acids is 1. The van der Waals surface area contributed by atoms with E-state index in [0.29, 0.717) is 12.4 Å². The molecule has 5 heteroatoms. The molecule has 0 atom stereocenters. The molecule has 0 saturated carbocycles. The van der Waals surface area contributed by atoms with Crippen LogP contribution in [0.25, 0.3) is 0 Å². The quantitative estimate of drug-likeness (QED) is 0.759. The van der Waals surface area contributed by atoms with Gasteiger partial charge in [0.1, 0.15) is 12.4 Å². The molecule has 104 valence electrons. The Morgan fingerprint density at radius 1 is 1.21 bits per heavy atom. The highest BCUT2D eigenvalue weighted by Gasteiger charge is 2.10. The second-order valence-electron chi connectivity index (χ2n) is 4.41. The van der Waals surface area contributed by atoms with Crippen molar-refractivity contribution < 1.29 is 14.3 Å². The van der Waals surface area contributed by atoms with Gasteiger partial charge in [-0.15, -0.1) is 0 Å². The van der Waals surface area contributed by atoms with Crippen LogP contribution >= 0.6 is 0 Å². The number of para-hydroxylation sites is 1. The van der Waals surface area contributed by atoms with Crippen LogP contribution in [0.4, 0.5) is 0 Å². The van der Waals surface area contributed by atoms with Crippen LogP contribution in [0, 0.1) is 0 Å². The molecule has 0 unspecified atom stereocenters. The predicted octanol–water partition coefficient (Wildman–Crippen LogP) is 0.514. The standard InChI is InChI=1S/C14H20N2O3/c17-14(12-19-13-4-2-1-3-5-13)18-11-10-16-8-6-15-7-9-16/h1-5,15H,6-12H2. The third kappa shape index (κ3) is 5.28. The number of carbonyl (C=O) groups is 1. The molecule has 19 heavy (non-hydrogen) atoms. The van der Waals surface area contributed by atoms with Gasteiger partial charge < -0.3 is 14.8 Å². The van der Waals surface area contributed by atoms with Crippen LogP contribution in [0.15, 0.2) is 30.3 Å². The monoisotopic (exact) mass is 264 g/mol. The molecule has 0 bridgehead atoms. The van der Waals surface area contributed by atoms with E-state index in [1.54, 1.807) is 0 Å². The van der Waals surface area contributed by atoms with Crippen LogP contribution in [0.3, 0.4) is 0 Å². The summed E-state index contributed by atoms with van der Waals surface area (Å²) in [5, 5.41) is 3.28. The molecule has 1 aromatic carbocycles. The topological polar surface area (TPSA) is 50.8 Å². The van der Waals surface area contributed by atoms with Gasteiger partial charge in [0.15, 0.2) is 6.61 Å². The number of esters is 1. The Bertz CT molecular complexity index is 378. The van der Waals surface area contributed by atoms with E-state index in [4.69, 9.17) is 9.47 Å². The van der Waals surface area contributed by atoms with Crippen molar-refractivity contribution in [3.63, 3.8) is 0 Å². The molecule has 1 N–H and O–H groups in total. The Labute approximate surface area is 113 Å². The smallest absolute Gasteiger partial charge is 0.344 e. The first kappa shape index (κ1) is 13.8. The zero-order chi connectivity index (χ0) is 13.3. The van der Waals surface area contributed by atoms with Gasteiger partial charge in [-0.25, -0.2) is 4.79 Å². The molecule has 2 rings (SSSR count). The second kappa shape index (κ2) is 7.76. The minimum Gasteiger partial charge on any atom is -0.482 e. The second-order valence-corrected chi connectivity index (χ2v) is 4.41. The van der Waals surface area contributed by atoms with Gasteiger partial charge in [-0.1, -0.05) is 18.2 Å². The first-order chi connectivity index (χ1) is 9.34. The number of nitrogens with one attached hydrogen (secondary N) is 1. The van der Waals surface area contributed by atoms with E-state index in [0.717, 1.165) is 32.7 Å². The van der Waals surface area contributed by atoms with E-state index in [1.165, 1.54) is 0 Å². The molecule has 0 amide bonds. The maximum Gasteiger partial charge on any atom is 0.344 e. The van der Waals surface area contributed by atoms with Crippen LogP contribution in [0.2, 0.25) is 0 Å². The maximum atomic E-state index is 11.5. The lowest BCUT2D eigenvalue weighted by atomic mass is 10.3. The summed E-state index contributed by atoms with van der Waals surface area (Å²) in [6.45, 7) is 5.22. The minimum atomic E-state index is -0.320. The van der Waals surface area contributed by atoms with Gasteiger partial charge in [0.2, 0.25) is 0 Å². The van der Waals surface area contributed by atoms with Gasteiger partial charge in [-0.2, -0.15) is 0 Å². The van der Waals surface area contributed by atoms with Crippen molar-refractivity contribution in [1.82, 2.24) is 10.2 Å². The number of hydrogen-bond acceptors (Lipinski definition) is 5. The van der Waals surface area contributed by atoms with Gasteiger partial charge in [-0.05, 0) is 12.1 Å². The fourth-order valence-electron chi connectivity index (χ4n) is 1.92. The lowest BCUT2D eigenvalue weighted by Gasteiger charge is -2.26. The largest absolute Gasteiger partial charge is 0.482 e. The number of ether oxygens (including phenoxy) is 2. The van der Waals surface area contributed by atoms with E-state index in [9.17, 15) is 4.79 Å². The first-order valence-corrected chi connectivity index (χ1v) is 6.61. The zero-order valence-electron chi connectivity index (χ0n) is 11.0. The summed E-state index contributed by atoms with van der Waals surface area (Å²) < 4.78 is 10.5. The number of hydrogen-bond donors (Lipinski definition) is 1. The highest BCUT2D eigenvalue weighted by atomic mass is 16.6. The summed E-state index contributed by atoms with van der Waals surface area (Å²) in [4.78, 5) is 13.8. The fraction of sp³-hybridized carbons (Fsp3) is 0.500. The Hall–Kier alpha value is -1.59. The van der Waals surface area contributed by atoms with Gasteiger partial charge in [-0.3, -0.25) is 4.90 Å². The number of benzene rings is 1. The number of rotatable bonds is 6. The van der Waals surface area contributed by atoms with Crippen LogP contribution in [0.1, 0.15) is 0 Å². The molecule has 0 radical (unpaired) electrons. The van der Waals surface area contributed by atoms with Crippen molar-refractivity contribution in [3.05, 3.63) is 30.3 Å². The predicted molar refractivity (Wildman–Crippen MR) is 72.2 cm³/mol. The van der Waals surface area contributed by atoms with Crippen molar-refractivity contribution in [2.45, 2.75) is 0 Å². The lowest BCUT2D eigenvalue weighted by Crippen LogP contribution is -2.44. The minimum absolute atomic E-state index is 0.0361. The van der Waals surface area contributed by atoms with E-state index in [2.05, 4.69) is 10.2 Å². The first-order valence-electron chi connectivity index (χ1n) is 6.61. The summed E-state index contributed by atoms with van der Waals surface area (Å²) in [5.74, 6) is 0.362. The average Bonchev–Trinajstić information content (AvgIpc) is 2.47. The Balaban J connectivity index is 1.57. The molecule has 1 aliphatic heterocycles. The Morgan fingerprint density at radius 3 is 2.68 bits per heavy atom. The van der Waals surface area contributed by atoms with Crippen molar-refractivity contribution >= 4 is 5.97 Å². The summed E-state index contributed by atoms with van der Waals surface area (Å²) in [5.41, 5.74) is 0. The zero-order valence-corrected chi connectivity index (χ0v) is 11.0. The van der Waals surface area contributed by atoms with Crippen molar-refractivity contribution in [2.24, 2.45) is 0 Å². The van der Waals surface area contributed by atoms with Crippen molar-refractivity contribution in [3.8, 4) is 5.75 Å². The molecule has 5 nitrogen and oxygen atoms in total. The van der Waals surface area contributed by atoms with Gasteiger partial charge >= 0.3 is 5.97 Å². The molecule has 1 fully saturated rings. The molecule has 1 aromatic rings. The number of piperazine rings is 1. The molecule has 1 saturated heterocycles. The third-order valence-corrected chi connectivity index (χ3v) is 2.98. The normalized spacial score (nSPS) is 16.0. The summed E-state index contributed by atoms with van der Waals surface area (Å²) in [6, 6.07) is 9.26. The summed E-state index contributed by atoms with van der Waals surface area (Å²) >= 11 is 0. The Kier molecular flexibility index (Phi) is 5.65. The van der Waals surface area contributed by atoms with Crippen LogP contribution in [-0.2, 0) is 9.53 Å².